The summed E-state index contributed by atoms with van der Waals surface area (Å²) in [6, 6.07) is 0. The molecule has 0 heterocycles. The third-order valence-corrected chi connectivity index (χ3v) is 13.1. The molecule has 0 bridgehead atoms. The van der Waals surface area contributed by atoms with Crippen molar-refractivity contribution in [2.45, 2.75) is 125 Å². The molecular weight excluding hydrogens is 392 g/mol. The van der Waals surface area contributed by atoms with Crippen molar-refractivity contribution in [1.82, 2.24) is 0 Å². The van der Waals surface area contributed by atoms with Gasteiger partial charge in [-0.25, -0.2) is 0 Å². The molecule has 32 heavy (non-hydrogen) atoms. The number of allylic oxidation sites excluding steroid dienone is 2. The fourth-order valence-electron chi connectivity index (χ4n) is 10.6. The Labute approximate surface area is 197 Å². The van der Waals surface area contributed by atoms with E-state index in [2.05, 4.69) is 61.5 Å². The quantitative estimate of drug-likeness (QED) is 0.391. The summed E-state index contributed by atoms with van der Waals surface area (Å²) >= 11 is 0. The molecule has 0 aliphatic heterocycles. The predicted molar refractivity (Wildman–Crippen MR) is 132 cm³/mol. The molecule has 0 saturated heterocycles. The highest BCUT2D eigenvalue weighted by molar-refractivity contribution is 5.34. The molecular formula is C30H50O2. The molecule has 2 nitrogen and oxygen atoms in total. The van der Waals surface area contributed by atoms with Crippen LogP contribution in [0.15, 0.2) is 11.6 Å². The van der Waals surface area contributed by atoms with Gasteiger partial charge in [-0.05, 0) is 103 Å². The van der Waals surface area contributed by atoms with E-state index in [1.807, 2.05) is 0 Å². The van der Waals surface area contributed by atoms with Crippen molar-refractivity contribution >= 4 is 0 Å². The first kappa shape index (κ1) is 23.4. The van der Waals surface area contributed by atoms with E-state index in [1.165, 1.54) is 32.1 Å². The Balaban J connectivity index is 1.60. The molecule has 4 saturated carbocycles. The zero-order chi connectivity index (χ0) is 23.5. The van der Waals surface area contributed by atoms with Gasteiger partial charge in [-0.3, -0.25) is 0 Å². The minimum atomic E-state index is -0.198. The molecule has 0 aromatic carbocycles. The van der Waals surface area contributed by atoms with Gasteiger partial charge in [-0.1, -0.05) is 67.0 Å². The van der Waals surface area contributed by atoms with Gasteiger partial charge in [0.15, 0.2) is 0 Å². The Kier molecular flexibility index (Phi) is 4.87. The fraction of sp³-hybridized carbons (Fsp3) is 0.933. The van der Waals surface area contributed by atoms with Gasteiger partial charge >= 0.3 is 0 Å². The minimum Gasteiger partial charge on any atom is -0.393 e. The molecule has 2 heteroatoms. The van der Waals surface area contributed by atoms with Crippen molar-refractivity contribution in [3.8, 4) is 0 Å². The highest BCUT2D eigenvalue weighted by Gasteiger charge is 2.69. The number of rotatable bonds is 0. The first-order valence-electron chi connectivity index (χ1n) is 13.7. The third kappa shape index (κ3) is 2.72. The molecule has 0 aromatic heterocycles. The normalized spacial score (nSPS) is 56.2. The average molecular weight is 443 g/mol. The van der Waals surface area contributed by atoms with Crippen LogP contribution in [0.4, 0.5) is 0 Å². The van der Waals surface area contributed by atoms with Gasteiger partial charge in [0.2, 0.25) is 0 Å². The van der Waals surface area contributed by atoms with Crippen molar-refractivity contribution in [3.05, 3.63) is 11.6 Å². The van der Waals surface area contributed by atoms with Crippen molar-refractivity contribution < 1.29 is 10.2 Å². The summed E-state index contributed by atoms with van der Waals surface area (Å²) < 4.78 is 0. The topological polar surface area (TPSA) is 40.5 Å². The van der Waals surface area contributed by atoms with E-state index in [-0.39, 0.29) is 39.3 Å². The molecule has 5 aliphatic rings. The lowest BCUT2D eigenvalue weighted by atomic mass is 9.33. The van der Waals surface area contributed by atoms with Crippen LogP contribution in [0, 0.1) is 50.2 Å². The number of aliphatic hydroxyl groups is 2. The lowest BCUT2D eigenvalue weighted by Gasteiger charge is -2.72. The highest BCUT2D eigenvalue weighted by Crippen LogP contribution is 2.75. The molecule has 0 radical (unpaired) electrons. The maximum atomic E-state index is 11.7. The van der Waals surface area contributed by atoms with Gasteiger partial charge in [0.25, 0.3) is 0 Å². The Hall–Kier alpha value is -0.340. The summed E-state index contributed by atoms with van der Waals surface area (Å²) in [6.45, 7) is 19.7. The van der Waals surface area contributed by atoms with E-state index in [9.17, 15) is 10.2 Å². The van der Waals surface area contributed by atoms with Gasteiger partial charge in [-0.15, -0.1) is 0 Å². The second-order valence-corrected chi connectivity index (χ2v) is 15.3. The van der Waals surface area contributed by atoms with Crippen LogP contribution in [0.2, 0.25) is 0 Å². The lowest BCUT2D eigenvalue weighted by Crippen LogP contribution is -2.66. The van der Waals surface area contributed by atoms with Crippen molar-refractivity contribution in [1.29, 1.82) is 0 Å². The van der Waals surface area contributed by atoms with Gasteiger partial charge in [-0.2, -0.15) is 0 Å². The van der Waals surface area contributed by atoms with Crippen molar-refractivity contribution in [2.75, 3.05) is 0 Å². The zero-order valence-corrected chi connectivity index (χ0v) is 22.2. The fourth-order valence-corrected chi connectivity index (χ4v) is 10.6. The van der Waals surface area contributed by atoms with Crippen molar-refractivity contribution in [3.63, 3.8) is 0 Å². The van der Waals surface area contributed by atoms with Crippen LogP contribution in [0.1, 0.15) is 113 Å². The molecule has 0 spiro atoms. The standard InChI is InChI=1S/C30H50O2/c1-25(2)15-16-27(5)20(17-25)19-9-10-22-28(6)13-12-23(31)26(3,4)21(28)11-14-29(22,7)30(19,8)18-24(27)32/h9,20-24,31-32H,10-18H2,1-8H3/t20?,21?,22?,23-,24+,27+,28+,29-,30?/m1/s1. The molecule has 2 N–H and O–H groups in total. The van der Waals surface area contributed by atoms with E-state index in [1.54, 1.807) is 5.57 Å². The second-order valence-electron chi connectivity index (χ2n) is 15.3. The van der Waals surface area contributed by atoms with Gasteiger partial charge < -0.3 is 10.2 Å². The van der Waals surface area contributed by atoms with E-state index in [4.69, 9.17) is 0 Å². The van der Waals surface area contributed by atoms with Crippen LogP contribution in [-0.2, 0) is 0 Å². The van der Waals surface area contributed by atoms with Crippen molar-refractivity contribution in [2.24, 2.45) is 50.2 Å². The molecule has 182 valence electrons. The zero-order valence-electron chi connectivity index (χ0n) is 22.2. The summed E-state index contributed by atoms with van der Waals surface area (Å²) in [5.41, 5.74) is 2.71. The molecule has 9 atom stereocenters. The summed E-state index contributed by atoms with van der Waals surface area (Å²) in [6.07, 6.45) is 12.6. The maximum absolute atomic E-state index is 11.7. The summed E-state index contributed by atoms with van der Waals surface area (Å²) in [7, 11) is 0. The molecule has 0 amide bonds. The third-order valence-electron chi connectivity index (χ3n) is 13.1. The molecule has 4 fully saturated rings. The number of fused-ring (bicyclic) bond motifs is 7. The maximum Gasteiger partial charge on any atom is 0.0608 e. The van der Waals surface area contributed by atoms with Gasteiger partial charge in [0.1, 0.15) is 0 Å². The summed E-state index contributed by atoms with van der Waals surface area (Å²) in [5.74, 6) is 1.75. The average Bonchev–Trinajstić information content (AvgIpc) is 2.68. The molecule has 4 unspecified atom stereocenters. The summed E-state index contributed by atoms with van der Waals surface area (Å²) in [5, 5.41) is 22.6. The Morgan fingerprint density at radius 1 is 0.719 bits per heavy atom. The Bertz CT molecular complexity index is 825. The SMILES string of the molecule is CC1(C)CC[C@@]2(C)C(C1)C1=CCC3[C@@]4(C)CC[C@@H](O)C(C)(C)C4CC[C@@]3(C)C1(C)C[C@@H]2O. The van der Waals surface area contributed by atoms with E-state index in [0.29, 0.717) is 23.2 Å². The lowest BCUT2D eigenvalue weighted by molar-refractivity contribution is -0.213. The number of hydrogen-bond acceptors (Lipinski definition) is 2. The van der Waals surface area contributed by atoms with Crippen LogP contribution >= 0.6 is 0 Å². The smallest absolute Gasteiger partial charge is 0.0608 e. The summed E-state index contributed by atoms with van der Waals surface area (Å²) in [4.78, 5) is 0. The van der Waals surface area contributed by atoms with Crippen LogP contribution in [-0.4, -0.2) is 22.4 Å². The molecule has 5 rings (SSSR count). The second kappa shape index (κ2) is 6.66. The van der Waals surface area contributed by atoms with Crippen LogP contribution in [0.25, 0.3) is 0 Å². The van der Waals surface area contributed by atoms with Gasteiger partial charge in [0.05, 0.1) is 12.2 Å². The monoisotopic (exact) mass is 442 g/mol. The van der Waals surface area contributed by atoms with Crippen LogP contribution in [0.5, 0.6) is 0 Å². The van der Waals surface area contributed by atoms with E-state index < -0.39 is 0 Å². The Morgan fingerprint density at radius 3 is 2.09 bits per heavy atom. The number of aliphatic hydroxyl groups excluding tert-OH is 2. The largest absolute Gasteiger partial charge is 0.393 e. The first-order chi connectivity index (χ1) is 14.6. The van der Waals surface area contributed by atoms with Gasteiger partial charge in [0, 0.05) is 5.41 Å². The molecule has 0 aromatic rings. The highest BCUT2D eigenvalue weighted by atomic mass is 16.3. The first-order valence-corrected chi connectivity index (χ1v) is 13.7. The molecule has 5 aliphatic carbocycles. The Morgan fingerprint density at radius 2 is 1.41 bits per heavy atom. The van der Waals surface area contributed by atoms with E-state index >= 15 is 0 Å². The minimum absolute atomic E-state index is 0.00271. The predicted octanol–water partition coefficient (Wildman–Crippen LogP) is 7.14. The van der Waals surface area contributed by atoms with Crippen LogP contribution < -0.4 is 0 Å². The number of hydrogen-bond donors (Lipinski definition) is 2. The van der Waals surface area contributed by atoms with Crippen LogP contribution in [0.3, 0.4) is 0 Å². The van der Waals surface area contributed by atoms with E-state index in [0.717, 1.165) is 25.7 Å².